The topological polar surface area (TPSA) is 82.3 Å². The van der Waals surface area contributed by atoms with Crippen LogP contribution < -0.4 is 21.3 Å². The van der Waals surface area contributed by atoms with Crippen molar-refractivity contribution in [3.8, 4) is 0 Å². The quantitative estimate of drug-likeness (QED) is 0.136. The highest BCUT2D eigenvalue weighted by molar-refractivity contribution is 5.76. The van der Waals surface area contributed by atoms with Crippen molar-refractivity contribution in [3.05, 3.63) is 0 Å². The van der Waals surface area contributed by atoms with Crippen molar-refractivity contribution >= 4 is 11.8 Å². The number of hydrogen-bond acceptors (Lipinski definition) is 4. The molecular formula is C30H68N4O2. The molecule has 0 aliphatic heterocycles. The van der Waals surface area contributed by atoms with Crippen LogP contribution in [0.3, 0.4) is 0 Å². The van der Waals surface area contributed by atoms with Crippen LogP contribution >= 0.6 is 0 Å². The normalized spacial score (nSPS) is 9.89. The smallest absolute Gasteiger partial charge is 0.219 e. The van der Waals surface area contributed by atoms with Gasteiger partial charge in [0.2, 0.25) is 11.8 Å². The van der Waals surface area contributed by atoms with Crippen LogP contribution in [0.1, 0.15) is 133 Å². The molecule has 6 nitrogen and oxygen atoms in total. The fraction of sp³-hybridized carbons (Fsp3) is 0.933. The molecule has 6 heteroatoms. The number of carbonyl (C=O) groups is 2. The Bertz CT molecular complexity index is 416. The summed E-state index contributed by atoms with van der Waals surface area (Å²) in [6.45, 7) is 23.8. The third kappa shape index (κ3) is 46.2. The second-order valence-corrected chi connectivity index (χ2v) is 9.50. The Hall–Kier alpha value is -1.14. The highest BCUT2D eigenvalue weighted by Crippen LogP contribution is 2.03. The number of unbranched alkanes of at least 4 members (excludes halogenated alkanes) is 3. The molecule has 0 atom stereocenters. The molecule has 0 saturated heterocycles. The third-order valence-corrected chi connectivity index (χ3v) is 5.15. The molecule has 0 aromatic heterocycles. The molecule has 0 rings (SSSR count). The number of nitrogens with one attached hydrogen (secondary N) is 4. The molecule has 0 saturated carbocycles. The largest absolute Gasteiger partial charge is 0.356 e. The Balaban J connectivity index is -0.000000251. The summed E-state index contributed by atoms with van der Waals surface area (Å²) in [5.74, 6) is 1.89. The number of rotatable bonds is 20. The SMILES string of the molecule is CC.CC.CCNCCCCCC(=O)NCCCC(C)C.CNCCCCC(=O)NCCCC(C)C. The minimum Gasteiger partial charge on any atom is -0.356 e. The van der Waals surface area contributed by atoms with Gasteiger partial charge in [-0.3, -0.25) is 9.59 Å². The third-order valence-electron chi connectivity index (χ3n) is 5.15. The molecule has 0 aliphatic carbocycles. The summed E-state index contributed by atoms with van der Waals surface area (Å²) < 4.78 is 0. The minimum atomic E-state index is 0.204. The van der Waals surface area contributed by atoms with Crippen molar-refractivity contribution in [1.29, 1.82) is 0 Å². The highest BCUT2D eigenvalue weighted by atomic mass is 16.2. The van der Waals surface area contributed by atoms with Gasteiger partial charge in [-0.25, -0.2) is 0 Å². The van der Waals surface area contributed by atoms with Gasteiger partial charge in [-0.2, -0.15) is 0 Å². The Labute approximate surface area is 227 Å². The molecular weight excluding hydrogens is 448 g/mol. The lowest BCUT2D eigenvalue weighted by molar-refractivity contribution is -0.122. The zero-order valence-corrected chi connectivity index (χ0v) is 26.3. The van der Waals surface area contributed by atoms with Gasteiger partial charge < -0.3 is 21.3 Å². The van der Waals surface area contributed by atoms with E-state index in [4.69, 9.17) is 0 Å². The van der Waals surface area contributed by atoms with Gasteiger partial charge in [0.15, 0.2) is 0 Å². The van der Waals surface area contributed by atoms with Gasteiger partial charge in [0.25, 0.3) is 0 Å². The number of amides is 2. The van der Waals surface area contributed by atoms with E-state index in [0.29, 0.717) is 12.8 Å². The van der Waals surface area contributed by atoms with E-state index in [2.05, 4.69) is 55.9 Å². The summed E-state index contributed by atoms with van der Waals surface area (Å²) in [6.07, 6.45) is 11.3. The number of hydrogen-bond donors (Lipinski definition) is 4. The van der Waals surface area contributed by atoms with E-state index in [1.54, 1.807) is 0 Å². The summed E-state index contributed by atoms with van der Waals surface area (Å²) in [6, 6.07) is 0. The van der Waals surface area contributed by atoms with E-state index >= 15 is 0 Å². The zero-order chi connectivity index (χ0) is 28.5. The summed E-state index contributed by atoms with van der Waals surface area (Å²) >= 11 is 0. The molecule has 0 heterocycles. The van der Waals surface area contributed by atoms with Gasteiger partial charge >= 0.3 is 0 Å². The Kier molecular flexibility index (Phi) is 44.8. The highest BCUT2D eigenvalue weighted by Gasteiger charge is 2.01. The van der Waals surface area contributed by atoms with Crippen LogP contribution in [0.2, 0.25) is 0 Å². The van der Waals surface area contributed by atoms with Gasteiger partial charge in [0.1, 0.15) is 0 Å². The fourth-order valence-corrected chi connectivity index (χ4v) is 3.13. The Morgan fingerprint density at radius 1 is 0.583 bits per heavy atom. The van der Waals surface area contributed by atoms with Gasteiger partial charge in [-0.05, 0) is 89.9 Å². The Morgan fingerprint density at radius 2 is 1.00 bits per heavy atom. The van der Waals surface area contributed by atoms with E-state index in [-0.39, 0.29) is 11.8 Å². The zero-order valence-electron chi connectivity index (χ0n) is 26.3. The number of carbonyl (C=O) groups excluding carboxylic acids is 2. The van der Waals surface area contributed by atoms with Crippen LogP contribution in [-0.2, 0) is 9.59 Å². The van der Waals surface area contributed by atoms with Gasteiger partial charge in [-0.1, -0.05) is 68.7 Å². The van der Waals surface area contributed by atoms with Crippen molar-refractivity contribution in [2.75, 3.05) is 39.8 Å². The molecule has 0 radical (unpaired) electrons. The Morgan fingerprint density at radius 3 is 1.39 bits per heavy atom. The molecule has 0 unspecified atom stereocenters. The van der Waals surface area contributed by atoms with Crippen molar-refractivity contribution in [3.63, 3.8) is 0 Å². The lowest BCUT2D eigenvalue weighted by Gasteiger charge is -2.07. The molecule has 4 N–H and O–H groups in total. The van der Waals surface area contributed by atoms with Crippen LogP contribution in [0, 0.1) is 11.8 Å². The summed E-state index contributed by atoms with van der Waals surface area (Å²) in [5.41, 5.74) is 0. The van der Waals surface area contributed by atoms with Crippen LogP contribution in [0.4, 0.5) is 0 Å². The molecule has 0 aromatic rings. The van der Waals surface area contributed by atoms with Crippen LogP contribution in [0.25, 0.3) is 0 Å². The average Bonchev–Trinajstić information content (AvgIpc) is 2.87. The molecule has 0 fully saturated rings. The maximum absolute atomic E-state index is 11.4. The molecule has 220 valence electrons. The minimum absolute atomic E-state index is 0.204. The first-order chi connectivity index (χ1) is 17.3. The maximum atomic E-state index is 11.4. The van der Waals surface area contributed by atoms with E-state index in [0.717, 1.165) is 83.1 Å². The first-order valence-corrected chi connectivity index (χ1v) is 15.2. The van der Waals surface area contributed by atoms with Crippen LogP contribution in [0.15, 0.2) is 0 Å². The molecule has 0 aromatic carbocycles. The van der Waals surface area contributed by atoms with Crippen molar-refractivity contribution in [1.82, 2.24) is 21.3 Å². The summed E-state index contributed by atoms with van der Waals surface area (Å²) in [7, 11) is 1.94. The van der Waals surface area contributed by atoms with E-state index in [9.17, 15) is 9.59 Å². The molecule has 36 heavy (non-hydrogen) atoms. The summed E-state index contributed by atoms with van der Waals surface area (Å²) in [5, 5.41) is 12.3. The van der Waals surface area contributed by atoms with E-state index < -0.39 is 0 Å². The standard InChI is InChI=1S/C14H30N2O.C12H26N2O.2C2H6/c1-4-15-11-7-5-6-10-14(17)16-12-8-9-13(2)3;1-11(2)7-6-10-14-12(15)8-4-5-9-13-3;2*1-2/h13,15H,4-12H2,1-3H3,(H,16,17);11,13H,4-10H2,1-3H3,(H,14,15);2*1-2H3. The predicted molar refractivity (Wildman–Crippen MR) is 162 cm³/mol. The van der Waals surface area contributed by atoms with E-state index in [1.165, 1.54) is 19.3 Å². The predicted octanol–water partition coefficient (Wildman–Crippen LogP) is 6.69. The molecule has 0 bridgehead atoms. The second kappa shape index (κ2) is 38.4. The van der Waals surface area contributed by atoms with Gasteiger partial charge in [0, 0.05) is 25.9 Å². The van der Waals surface area contributed by atoms with Gasteiger partial charge in [0.05, 0.1) is 0 Å². The van der Waals surface area contributed by atoms with Crippen molar-refractivity contribution < 1.29 is 9.59 Å². The first-order valence-electron chi connectivity index (χ1n) is 15.2. The average molecular weight is 517 g/mol. The maximum Gasteiger partial charge on any atom is 0.219 e. The van der Waals surface area contributed by atoms with Crippen molar-refractivity contribution in [2.45, 2.75) is 133 Å². The summed E-state index contributed by atoms with van der Waals surface area (Å²) in [4.78, 5) is 22.8. The van der Waals surface area contributed by atoms with Crippen LogP contribution in [0.5, 0.6) is 0 Å². The fourth-order valence-electron chi connectivity index (χ4n) is 3.13. The lowest BCUT2D eigenvalue weighted by Crippen LogP contribution is -2.24. The first kappa shape index (κ1) is 42.0. The van der Waals surface area contributed by atoms with Crippen LogP contribution in [-0.4, -0.2) is 51.6 Å². The van der Waals surface area contributed by atoms with E-state index in [1.807, 2.05) is 34.7 Å². The molecule has 2 amide bonds. The molecule has 0 aliphatic rings. The van der Waals surface area contributed by atoms with Gasteiger partial charge in [-0.15, -0.1) is 0 Å². The second-order valence-electron chi connectivity index (χ2n) is 9.50. The monoisotopic (exact) mass is 517 g/mol. The van der Waals surface area contributed by atoms with Crippen molar-refractivity contribution in [2.24, 2.45) is 11.8 Å². The molecule has 0 spiro atoms. The lowest BCUT2D eigenvalue weighted by atomic mass is 10.1.